The molecular formula is C13H20B7ClN2O. The lowest BCUT2D eigenvalue weighted by atomic mass is 9.09. The topological polar surface area (TPSA) is 58.9 Å². The zero-order valence-corrected chi connectivity index (χ0v) is 16.4. The number of benzene rings is 1. The summed E-state index contributed by atoms with van der Waals surface area (Å²) in [5.41, 5.74) is 9.06. The van der Waals surface area contributed by atoms with Gasteiger partial charge in [0, 0.05) is 26.9 Å². The van der Waals surface area contributed by atoms with Crippen LogP contribution < -0.4 is 5.73 Å². The molecule has 11 heteroatoms. The van der Waals surface area contributed by atoms with Crippen molar-refractivity contribution in [2.45, 2.75) is 21.0 Å². The van der Waals surface area contributed by atoms with Crippen LogP contribution in [0.2, 0.25) is 15.5 Å². The van der Waals surface area contributed by atoms with E-state index in [0.29, 0.717) is 5.02 Å². The van der Waals surface area contributed by atoms with Crippen molar-refractivity contribution in [3.63, 3.8) is 0 Å². The Bertz CT molecular complexity index is 879. The number of hydrogen-bond donors (Lipinski definition) is 2. The SMILES string of the molecule is BC1(B)c2c([nH]c3ccc(Cl)cc23)C(B)(C(N)=O)C(B)(B)C1(B)B. The van der Waals surface area contributed by atoms with E-state index in [-0.39, 0.29) is 21.5 Å². The maximum absolute atomic E-state index is 12.7. The Kier molecular flexibility index (Phi) is 3.54. The lowest BCUT2D eigenvalue weighted by molar-refractivity contribution is -0.121. The quantitative estimate of drug-likeness (QED) is 0.507. The Balaban J connectivity index is 2.56. The van der Waals surface area contributed by atoms with Gasteiger partial charge in [0.25, 0.3) is 0 Å². The largest absolute Gasteiger partial charge is 0.370 e. The van der Waals surface area contributed by atoms with E-state index in [9.17, 15) is 4.79 Å². The number of primary amides is 1. The average Bonchev–Trinajstić information content (AvgIpc) is 2.83. The van der Waals surface area contributed by atoms with Gasteiger partial charge in [-0.25, -0.2) is 0 Å². The number of carbonyl (C=O) groups is 1. The monoisotopic (exact) mass is 332 g/mol. The second kappa shape index (κ2) is 4.78. The number of aromatic amines is 1. The summed E-state index contributed by atoms with van der Waals surface area (Å²) in [5.74, 6) is -0.296. The van der Waals surface area contributed by atoms with Crippen molar-refractivity contribution in [2.24, 2.45) is 5.73 Å². The van der Waals surface area contributed by atoms with Crippen molar-refractivity contribution >= 4 is 83.3 Å². The lowest BCUT2D eigenvalue weighted by Crippen LogP contribution is -2.66. The maximum Gasteiger partial charge on any atom is 0.220 e. The van der Waals surface area contributed by atoms with E-state index in [2.05, 4.69) is 52.1 Å². The van der Waals surface area contributed by atoms with Crippen LogP contribution in [0.25, 0.3) is 10.9 Å². The molecule has 3 N–H and O–H groups in total. The molecule has 116 valence electrons. The molecule has 0 bridgehead atoms. The molecule has 1 aliphatic rings. The van der Waals surface area contributed by atoms with Gasteiger partial charge in [-0.3, -0.25) is 4.79 Å². The number of rotatable bonds is 1. The van der Waals surface area contributed by atoms with E-state index in [1.165, 1.54) is 0 Å². The van der Waals surface area contributed by atoms with Crippen molar-refractivity contribution in [3.05, 3.63) is 34.5 Å². The fourth-order valence-corrected chi connectivity index (χ4v) is 4.82. The summed E-state index contributed by atoms with van der Waals surface area (Å²) in [4.78, 5) is 16.2. The second-order valence-corrected chi connectivity index (χ2v) is 9.37. The van der Waals surface area contributed by atoms with Gasteiger partial charge >= 0.3 is 0 Å². The third-order valence-corrected chi connectivity index (χ3v) is 7.99. The standard InChI is InChI=1S/C13H20B7ClN2O/c14-10(9(22)24)8-7(5-3-4(21)1-2-6(5)23-8)11(15,16)13(19,20)12(10,17)18/h1-3,23H,14-20H2,(H2,22,24). The van der Waals surface area contributed by atoms with Gasteiger partial charge in [-0.05, 0) is 23.8 Å². The van der Waals surface area contributed by atoms with Crippen LogP contribution in [-0.2, 0) is 15.3 Å². The highest BCUT2D eigenvalue weighted by Crippen LogP contribution is 2.66. The van der Waals surface area contributed by atoms with Gasteiger partial charge in [0.2, 0.25) is 5.91 Å². The van der Waals surface area contributed by atoms with Crippen molar-refractivity contribution in [1.82, 2.24) is 4.98 Å². The molecular weight excluding hydrogens is 311 g/mol. The van der Waals surface area contributed by atoms with Crippen molar-refractivity contribution < 1.29 is 4.79 Å². The van der Waals surface area contributed by atoms with Crippen LogP contribution in [-0.4, -0.2) is 65.8 Å². The summed E-state index contributed by atoms with van der Waals surface area (Å²) in [6.45, 7) is 0. The molecule has 0 saturated heterocycles. The van der Waals surface area contributed by atoms with Gasteiger partial charge in [0.05, 0.1) is 31.4 Å². The number of H-pyrrole nitrogens is 1. The molecule has 1 aliphatic carbocycles. The Hall–Kier alpha value is -1.03. The number of carbonyl (C=O) groups excluding carboxylic acids is 1. The molecule has 1 aromatic heterocycles. The summed E-state index contributed by atoms with van der Waals surface area (Å²) in [6, 6.07) is 5.84. The number of hydrogen-bond acceptors (Lipinski definition) is 1. The predicted molar refractivity (Wildman–Crippen MR) is 121 cm³/mol. The van der Waals surface area contributed by atoms with E-state index in [4.69, 9.17) is 17.3 Å². The molecule has 3 rings (SSSR count). The number of aromatic nitrogens is 1. The zero-order valence-electron chi connectivity index (χ0n) is 15.6. The minimum Gasteiger partial charge on any atom is -0.370 e. The molecule has 0 fully saturated rings. The normalized spacial score (nSPS) is 26.7. The molecule has 1 aromatic carbocycles. The van der Waals surface area contributed by atoms with Gasteiger partial charge in [0.1, 0.15) is 23.5 Å². The van der Waals surface area contributed by atoms with Crippen LogP contribution in [0.15, 0.2) is 18.2 Å². The summed E-state index contributed by atoms with van der Waals surface area (Å²) in [7, 11) is 15.3. The molecule has 1 heterocycles. The minimum atomic E-state index is -0.799. The van der Waals surface area contributed by atoms with Crippen molar-refractivity contribution in [2.75, 3.05) is 0 Å². The molecule has 1 unspecified atom stereocenters. The molecule has 3 nitrogen and oxygen atoms in total. The lowest BCUT2D eigenvalue weighted by Gasteiger charge is -2.64. The molecule has 0 radical (unpaired) electrons. The first kappa shape index (κ1) is 17.8. The molecule has 1 amide bonds. The first-order valence-electron chi connectivity index (χ1n) is 8.42. The van der Waals surface area contributed by atoms with E-state index in [1.807, 2.05) is 26.0 Å². The maximum atomic E-state index is 12.7. The molecule has 0 spiro atoms. The van der Waals surface area contributed by atoms with Gasteiger partial charge in [-0.15, -0.1) is 0 Å². The molecule has 0 aliphatic heterocycles. The highest BCUT2D eigenvalue weighted by molar-refractivity contribution is 6.65. The number of amides is 1. The molecule has 2 aromatic rings. The van der Waals surface area contributed by atoms with Gasteiger partial charge in [0.15, 0.2) is 0 Å². The van der Waals surface area contributed by atoms with Gasteiger partial charge in [-0.2, -0.15) is 0 Å². The summed E-state index contributed by atoms with van der Waals surface area (Å²) in [5, 5.41) is 0.305. The first-order valence-corrected chi connectivity index (χ1v) is 8.80. The molecule has 0 saturated carbocycles. The number of halogens is 1. The summed E-state index contributed by atoms with van der Waals surface area (Å²) in [6.07, 6.45) is 0. The van der Waals surface area contributed by atoms with Crippen LogP contribution >= 0.6 is 11.6 Å². The predicted octanol–water partition coefficient (Wildman–Crippen LogP) is -4.67. The second-order valence-electron chi connectivity index (χ2n) is 8.93. The highest BCUT2D eigenvalue weighted by atomic mass is 35.5. The van der Waals surface area contributed by atoms with Crippen LogP contribution in [0.3, 0.4) is 0 Å². The van der Waals surface area contributed by atoms with Gasteiger partial charge in [-0.1, -0.05) is 27.2 Å². The third-order valence-electron chi connectivity index (χ3n) is 7.75. The Morgan fingerprint density at radius 3 is 2.17 bits per heavy atom. The van der Waals surface area contributed by atoms with Gasteiger partial charge < -0.3 is 10.7 Å². The fourth-order valence-electron chi connectivity index (χ4n) is 4.65. The van der Waals surface area contributed by atoms with E-state index in [1.54, 1.807) is 0 Å². The van der Waals surface area contributed by atoms with E-state index >= 15 is 0 Å². The number of fused-ring (bicyclic) bond motifs is 3. The number of nitrogens with two attached hydrogens (primary N) is 1. The zero-order chi connectivity index (χ0) is 18.3. The first-order chi connectivity index (χ1) is 10.8. The minimum absolute atomic E-state index is 0.163. The van der Waals surface area contributed by atoms with Crippen LogP contribution in [0.5, 0.6) is 0 Å². The summed E-state index contributed by atoms with van der Waals surface area (Å²) < 4.78 is 0. The summed E-state index contributed by atoms with van der Waals surface area (Å²) >= 11 is 6.27. The van der Waals surface area contributed by atoms with E-state index < -0.39 is 5.31 Å². The third kappa shape index (κ3) is 1.76. The fraction of sp³-hybridized carbons (Fsp3) is 0.308. The van der Waals surface area contributed by atoms with Crippen LogP contribution in [0, 0.1) is 0 Å². The van der Waals surface area contributed by atoms with E-state index in [0.717, 1.165) is 22.2 Å². The van der Waals surface area contributed by atoms with Crippen molar-refractivity contribution in [3.8, 4) is 0 Å². The molecule has 24 heavy (non-hydrogen) atoms. The Morgan fingerprint density at radius 1 is 1.04 bits per heavy atom. The Morgan fingerprint density at radius 2 is 1.62 bits per heavy atom. The van der Waals surface area contributed by atoms with Crippen LogP contribution in [0.1, 0.15) is 11.3 Å². The average molecular weight is 331 g/mol. The van der Waals surface area contributed by atoms with Crippen molar-refractivity contribution in [1.29, 1.82) is 0 Å². The smallest absolute Gasteiger partial charge is 0.220 e. The molecule has 1 atom stereocenters. The Labute approximate surface area is 154 Å². The highest BCUT2D eigenvalue weighted by Gasteiger charge is 2.64. The van der Waals surface area contributed by atoms with Crippen LogP contribution in [0.4, 0.5) is 0 Å². The number of nitrogens with one attached hydrogen (secondary N) is 1.